The number of halogens is 2. The van der Waals surface area contributed by atoms with Crippen molar-refractivity contribution >= 4 is 21.8 Å². The number of amides is 1. The van der Waals surface area contributed by atoms with Gasteiger partial charge in [0.15, 0.2) is 0 Å². The molecule has 0 unspecified atom stereocenters. The van der Waals surface area contributed by atoms with Crippen LogP contribution in [0.1, 0.15) is 16.8 Å². The molecule has 7 heteroatoms. The summed E-state index contributed by atoms with van der Waals surface area (Å²) in [6, 6.07) is 7.44. The van der Waals surface area contributed by atoms with Crippen molar-refractivity contribution in [1.82, 2.24) is 9.88 Å². The lowest BCUT2D eigenvalue weighted by Gasteiger charge is -2.18. The molecule has 2 aromatic rings. The zero-order valence-electron chi connectivity index (χ0n) is 12.9. The van der Waals surface area contributed by atoms with E-state index in [0.717, 1.165) is 6.42 Å². The molecule has 24 heavy (non-hydrogen) atoms. The van der Waals surface area contributed by atoms with Gasteiger partial charge >= 0.3 is 0 Å². The van der Waals surface area contributed by atoms with Gasteiger partial charge in [-0.1, -0.05) is 0 Å². The highest BCUT2D eigenvalue weighted by Crippen LogP contribution is 2.31. The Morgan fingerprint density at radius 3 is 3.00 bits per heavy atom. The smallest absolute Gasteiger partial charge is 0.259 e. The Labute approximate surface area is 147 Å². The van der Waals surface area contributed by atoms with Crippen LogP contribution in [-0.4, -0.2) is 35.4 Å². The molecule has 2 N–H and O–H groups in total. The average Bonchev–Trinajstić information content (AvgIpc) is 3.06. The first kappa shape index (κ1) is 16.9. The number of likely N-dealkylation sites (tertiary alicyclic amines) is 1. The Hall–Kier alpha value is -1.99. The number of hydrogen-bond acceptors (Lipinski definition) is 4. The summed E-state index contributed by atoms with van der Waals surface area (Å²) in [6.07, 6.45) is 2.46. The lowest BCUT2D eigenvalue weighted by atomic mass is 10.1. The highest BCUT2D eigenvalue weighted by molar-refractivity contribution is 9.10. The van der Waals surface area contributed by atoms with Crippen molar-refractivity contribution < 1.29 is 13.9 Å². The molecule has 0 bridgehead atoms. The van der Waals surface area contributed by atoms with E-state index in [2.05, 4.69) is 20.9 Å². The van der Waals surface area contributed by atoms with Gasteiger partial charge in [-0.15, -0.1) is 0 Å². The van der Waals surface area contributed by atoms with Crippen molar-refractivity contribution in [2.45, 2.75) is 6.42 Å². The molecule has 1 fully saturated rings. The van der Waals surface area contributed by atoms with Crippen molar-refractivity contribution in [3.63, 3.8) is 0 Å². The standard InChI is InChI=1S/C17H17BrFN3O2/c18-14-8-12(19)3-4-15(14)24-16-13(2-1-6-21-16)17(23)22-7-5-11(9-20)10-22/h1-4,6,8,11H,5,7,9-10,20H2/t11-/m0/s1. The van der Waals surface area contributed by atoms with Crippen LogP contribution in [0.15, 0.2) is 41.0 Å². The molecule has 126 valence electrons. The zero-order chi connectivity index (χ0) is 17.1. The number of ether oxygens (including phenoxy) is 1. The molecular formula is C17H17BrFN3O2. The lowest BCUT2D eigenvalue weighted by molar-refractivity contribution is 0.0784. The van der Waals surface area contributed by atoms with Crippen LogP contribution in [0.4, 0.5) is 4.39 Å². The molecule has 1 aromatic heterocycles. The summed E-state index contributed by atoms with van der Waals surface area (Å²) in [4.78, 5) is 18.7. The second kappa shape index (κ2) is 7.27. The SMILES string of the molecule is NC[C@@H]1CCN(C(=O)c2cccnc2Oc2ccc(F)cc2Br)C1. The number of benzene rings is 1. The molecule has 0 saturated carbocycles. The number of hydrogen-bond donors (Lipinski definition) is 1. The van der Waals surface area contributed by atoms with Gasteiger partial charge in [-0.2, -0.15) is 0 Å². The fourth-order valence-corrected chi connectivity index (χ4v) is 3.11. The zero-order valence-corrected chi connectivity index (χ0v) is 14.5. The highest BCUT2D eigenvalue weighted by atomic mass is 79.9. The van der Waals surface area contributed by atoms with Gasteiger partial charge in [-0.3, -0.25) is 4.79 Å². The van der Waals surface area contributed by atoms with Crippen molar-refractivity contribution in [3.05, 3.63) is 52.4 Å². The Morgan fingerprint density at radius 1 is 1.46 bits per heavy atom. The molecule has 0 aliphatic carbocycles. The molecule has 5 nitrogen and oxygen atoms in total. The Bertz CT molecular complexity index is 756. The molecule has 1 saturated heterocycles. The first-order valence-electron chi connectivity index (χ1n) is 7.65. The molecule has 1 aromatic carbocycles. The fraction of sp³-hybridized carbons (Fsp3) is 0.294. The summed E-state index contributed by atoms with van der Waals surface area (Å²) in [5, 5.41) is 0. The van der Waals surface area contributed by atoms with E-state index in [1.165, 1.54) is 18.2 Å². The first-order valence-corrected chi connectivity index (χ1v) is 8.45. The predicted octanol–water partition coefficient (Wildman–Crippen LogP) is 3.20. The van der Waals surface area contributed by atoms with E-state index in [1.54, 1.807) is 23.2 Å². The summed E-state index contributed by atoms with van der Waals surface area (Å²) in [5.74, 6) is 0.418. The number of carbonyl (C=O) groups is 1. The highest BCUT2D eigenvalue weighted by Gasteiger charge is 2.28. The third kappa shape index (κ3) is 3.57. The molecule has 1 aliphatic rings. The third-order valence-corrected chi connectivity index (χ3v) is 4.63. The van der Waals surface area contributed by atoms with Gasteiger partial charge in [0.1, 0.15) is 17.1 Å². The molecule has 3 rings (SSSR count). The molecule has 1 atom stereocenters. The van der Waals surface area contributed by atoms with Crippen molar-refractivity contribution in [2.24, 2.45) is 11.7 Å². The number of pyridine rings is 1. The van der Waals surface area contributed by atoms with Crippen LogP contribution in [0.3, 0.4) is 0 Å². The summed E-state index contributed by atoms with van der Waals surface area (Å²) < 4.78 is 19.4. The van der Waals surface area contributed by atoms with Crippen molar-refractivity contribution in [1.29, 1.82) is 0 Å². The summed E-state index contributed by atoms with van der Waals surface area (Å²) in [6.45, 7) is 1.89. The lowest BCUT2D eigenvalue weighted by Crippen LogP contribution is -2.30. The predicted molar refractivity (Wildman–Crippen MR) is 91.5 cm³/mol. The molecule has 1 aliphatic heterocycles. The normalized spacial score (nSPS) is 17.1. The van der Waals surface area contributed by atoms with E-state index < -0.39 is 0 Å². The minimum Gasteiger partial charge on any atom is -0.437 e. The van der Waals surface area contributed by atoms with E-state index in [1.807, 2.05) is 0 Å². The van der Waals surface area contributed by atoms with E-state index in [0.29, 0.717) is 41.3 Å². The number of nitrogens with zero attached hydrogens (tertiary/aromatic N) is 2. The monoisotopic (exact) mass is 393 g/mol. The van der Waals surface area contributed by atoms with Gasteiger partial charge in [0.05, 0.1) is 4.47 Å². The summed E-state index contributed by atoms with van der Waals surface area (Å²) in [5.41, 5.74) is 6.07. The van der Waals surface area contributed by atoms with E-state index in [4.69, 9.17) is 10.5 Å². The minimum atomic E-state index is -0.378. The largest absolute Gasteiger partial charge is 0.437 e. The Morgan fingerprint density at radius 2 is 2.29 bits per heavy atom. The number of rotatable bonds is 4. The van der Waals surface area contributed by atoms with Gasteiger partial charge in [-0.05, 0) is 65.1 Å². The summed E-state index contributed by atoms with van der Waals surface area (Å²) >= 11 is 3.25. The second-order valence-electron chi connectivity index (χ2n) is 5.67. The number of aromatic nitrogens is 1. The van der Waals surface area contributed by atoms with Gasteiger partial charge < -0.3 is 15.4 Å². The van der Waals surface area contributed by atoms with Crippen LogP contribution < -0.4 is 10.5 Å². The fourth-order valence-electron chi connectivity index (χ4n) is 2.68. The number of nitrogens with two attached hydrogens (primary N) is 1. The maximum absolute atomic E-state index is 13.2. The quantitative estimate of drug-likeness (QED) is 0.865. The van der Waals surface area contributed by atoms with Crippen LogP contribution in [0.2, 0.25) is 0 Å². The first-order chi connectivity index (χ1) is 11.6. The third-order valence-electron chi connectivity index (χ3n) is 4.01. The summed E-state index contributed by atoms with van der Waals surface area (Å²) in [7, 11) is 0. The van der Waals surface area contributed by atoms with Crippen LogP contribution >= 0.6 is 15.9 Å². The van der Waals surface area contributed by atoms with E-state index >= 15 is 0 Å². The number of carbonyl (C=O) groups excluding carboxylic acids is 1. The van der Waals surface area contributed by atoms with Crippen molar-refractivity contribution in [2.75, 3.05) is 19.6 Å². The van der Waals surface area contributed by atoms with Gasteiger partial charge in [0, 0.05) is 19.3 Å². The van der Waals surface area contributed by atoms with Crippen LogP contribution in [0.25, 0.3) is 0 Å². The molecular weight excluding hydrogens is 377 g/mol. The Kier molecular flexibility index (Phi) is 5.11. The molecule has 0 radical (unpaired) electrons. The van der Waals surface area contributed by atoms with Gasteiger partial charge in [0.25, 0.3) is 5.91 Å². The maximum atomic E-state index is 13.2. The topological polar surface area (TPSA) is 68.5 Å². The maximum Gasteiger partial charge on any atom is 0.259 e. The van der Waals surface area contributed by atoms with Crippen LogP contribution in [-0.2, 0) is 0 Å². The van der Waals surface area contributed by atoms with Gasteiger partial charge in [0.2, 0.25) is 5.88 Å². The van der Waals surface area contributed by atoms with E-state index in [-0.39, 0.29) is 17.6 Å². The minimum absolute atomic E-state index is 0.132. The van der Waals surface area contributed by atoms with Crippen molar-refractivity contribution in [3.8, 4) is 11.6 Å². The molecule has 0 spiro atoms. The van der Waals surface area contributed by atoms with Crippen LogP contribution in [0, 0.1) is 11.7 Å². The molecule has 2 heterocycles. The van der Waals surface area contributed by atoms with Crippen LogP contribution in [0.5, 0.6) is 11.6 Å². The van der Waals surface area contributed by atoms with E-state index in [9.17, 15) is 9.18 Å². The van der Waals surface area contributed by atoms with Gasteiger partial charge in [-0.25, -0.2) is 9.37 Å². The molecule has 1 amide bonds. The Balaban J connectivity index is 1.84. The second-order valence-corrected chi connectivity index (χ2v) is 6.53. The average molecular weight is 394 g/mol.